The normalized spacial score (nSPS) is 18.5. The second-order valence-electron chi connectivity index (χ2n) is 8.07. The van der Waals surface area contributed by atoms with Crippen molar-refractivity contribution in [1.82, 2.24) is 0 Å². The lowest BCUT2D eigenvalue weighted by Gasteiger charge is -2.38. The highest BCUT2D eigenvalue weighted by Gasteiger charge is 2.41. The number of carbonyl (C=O) groups excluding carboxylic acids is 2. The van der Waals surface area contributed by atoms with Crippen LogP contribution >= 0.6 is 0 Å². The summed E-state index contributed by atoms with van der Waals surface area (Å²) in [6.45, 7) is 2.10. The predicted octanol–water partition coefficient (Wildman–Crippen LogP) is 4.80. The SMILES string of the molecule is CCc1ccc(N2C(=O)CC(c3ccc(OC)c(OC)c3OC)C3=C2CCCC3=O)cc1. The van der Waals surface area contributed by atoms with E-state index in [0.29, 0.717) is 35.7 Å². The number of rotatable bonds is 6. The van der Waals surface area contributed by atoms with Crippen LogP contribution < -0.4 is 19.1 Å². The molecule has 0 spiro atoms. The number of methoxy groups -OCH3 is 3. The molecule has 32 heavy (non-hydrogen) atoms. The molecule has 1 amide bonds. The second-order valence-corrected chi connectivity index (χ2v) is 8.07. The largest absolute Gasteiger partial charge is 0.493 e. The van der Waals surface area contributed by atoms with Gasteiger partial charge in [0.25, 0.3) is 0 Å². The highest BCUT2D eigenvalue weighted by atomic mass is 16.5. The number of benzene rings is 2. The number of anilines is 1. The average Bonchev–Trinajstić information content (AvgIpc) is 2.82. The molecule has 0 saturated heterocycles. The van der Waals surface area contributed by atoms with E-state index in [0.717, 1.165) is 29.8 Å². The van der Waals surface area contributed by atoms with Crippen LogP contribution in [0, 0.1) is 0 Å². The molecule has 0 radical (unpaired) electrons. The van der Waals surface area contributed by atoms with Gasteiger partial charge in [0.05, 0.1) is 21.3 Å². The molecule has 0 N–H and O–H groups in total. The fourth-order valence-electron chi connectivity index (χ4n) is 4.84. The Morgan fingerprint density at radius 2 is 1.62 bits per heavy atom. The van der Waals surface area contributed by atoms with Crippen molar-refractivity contribution in [2.45, 2.75) is 44.9 Å². The minimum atomic E-state index is -0.383. The Balaban J connectivity index is 1.87. The fourth-order valence-corrected chi connectivity index (χ4v) is 4.84. The highest BCUT2D eigenvalue weighted by molar-refractivity contribution is 6.07. The van der Waals surface area contributed by atoms with Gasteiger partial charge < -0.3 is 14.2 Å². The number of aryl methyl sites for hydroxylation is 1. The first kappa shape index (κ1) is 21.9. The van der Waals surface area contributed by atoms with Crippen molar-refractivity contribution in [2.75, 3.05) is 26.2 Å². The maximum absolute atomic E-state index is 13.5. The van der Waals surface area contributed by atoms with Gasteiger partial charge >= 0.3 is 0 Å². The molecule has 2 aromatic rings. The van der Waals surface area contributed by atoms with Gasteiger partial charge in [0, 0.05) is 41.3 Å². The number of ether oxygens (including phenoxy) is 3. The lowest BCUT2D eigenvalue weighted by atomic mass is 9.76. The molecular weight excluding hydrogens is 406 g/mol. The lowest BCUT2D eigenvalue weighted by molar-refractivity contribution is -0.119. The van der Waals surface area contributed by atoms with Crippen LogP contribution in [-0.2, 0) is 16.0 Å². The van der Waals surface area contributed by atoms with Gasteiger partial charge in [-0.2, -0.15) is 0 Å². The third-order valence-corrected chi connectivity index (χ3v) is 6.39. The fraction of sp³-hybridized carbons (Fsp3) is 0.385. The predicted molar refractivity (Wildman–Crippen MR) is 123 cm³/mol. The van der Waals surface area contributed by atoms with Gasteiger partial charge in [-0.25, -0.2) is 0 Å². The maximum Gasteiger partial charge on any atom is 0.232 e. The highest BCUT2D eigenvalue weighted by Crippen LogP contribution is 2.49. The van der Waals surface area contributed by atoms with Crippen LogP contribution in [0.2, 0.25) is 0 Å². The van der Waals surface area contributed by atoms with E-state index in [-0.39, 0.29) is 24.0 Å². The number of Topliss-reactive ketones (excluding diaryl/α,β-unsaturated/α-hetero) is 1. The molecule has 6 heteroatoms. The van der Waals surface area contributed by atoms with Crippen LogP contribution in [-0.4, -0.2) is 33.0 Å². The van der Waals surface area contributed by atoms with E-state index in [2.05, 4.69) is 6.92 Å². The van der Waals surface area contributed by atoms with E-state index in [1.807, 2.05) is 30.3 Å². The zero-order chi connectivity index (χ0) is 22.8. The van der Waals surface area contributed by atoms with Crippen molar-refractivity contribution < 1.29 is 23.8 Å². The van der Waals surface area contributed by atoms with Gasteiger partial charge in [0.1, 0.15) is 0 Å². The summed E-state index contributed by atoms with van der Waals surface area (Å²) in [5.41, 5.74) is 4.30. The first-order valence-electron chi connectivity index (χ1n) is 11.0. The molecule has 6 nitrogen and oxygen atoms in total. The molecule has 2 aliphatic rings. The van der Waals surface area contributed by atoms with E-state index in [9.17, 15) is 9.59 Å². The molecule has 1 atom stereocenters. The summed E-state index contributed by atoms with van der Waals surface area (Å²) >= 11 is 0. The van der Waals surface area contributed by atoms with E-state index < -0.39 is 0 Å². The quantitative estimate of drug-likeness (QED) is 0.652. The summed E-state index contributed by atoms with van der Waals surface area (Å²) in [6, 6.07) is 11.7. The molecule has 0 fully saturated rings. The van der Waals surface area contributed by atoms with Gasteiger partial charge in [-0.05, 0) is 43.0 Å². The summed E-state index contributed by atoms with van der Waals surface area (Å²) in [4.78, 5) is 28.4. The van der Waals surface area contributed by atoms with E-state index in [4.69, 9.17) is 14.2 Å². The number of hydrogen-bond donors (Lipinski definition) is 0. The zero-order valence-electron chi connectivity index (χ0n) is 19.1. The summed E-state index contributed by atoms with van der Waals surface area (Å²) in [5.74, 6) is 1.18. The van der Waals surface area contributed by atoms with Crippen LogP contribution in [0.3, 0.4) is 0 Å². The van der Waals surface area contributed by atoms with E-state index >= 15 is 0 Å². The van der Waals surface area contributed by atoms with Crippen LogP contribution in [0.5, 0.6) is 17.2 Å². The summed E-state index contributed by atoms with van der Waals surface area (Å²) < 4.78 is 16.6. The summed E-state index contributed by atoms with van der Waals surface area (Å²) in [7, 11) is 4.67. The Morgan fingerprint density at radius 3 is 2.25 bits per heavy atom. The van der Waals surface area contributed by atoms with Crippen molar-refractivity contribution in [2.24, 2.45) is 0 Å². The second kappa shape index (κ2) is 9.07. The monoisotopic (exact) mass is 435 g/mol. The maximum atomic E-state index is 13.5. The summed E-state index contributed by atoms with van der Waals surface area (Å²) in [5, 5.41) is 0. The number of hydrogen-bond acceptors (Lipinski definition) is 5. The molecule has 0 saturated carbocycles. The molecule has 0 aromatic heterocycles. The Kier molecular flexibility index (Phi) is 6.21. The Morgan fingerprint density at radius 1 is 0.906 bits per heavy atom. The summed E-state index contributed by atoms with van der Waals surface area (Å²) in [6.07, 6.45) is 3.04. The molecule has 1 aliphatic carbocycles. The van der Waals surface area contributed by atoms with Crippen LogP contribution in [0.25, 0.3) is 0 Å². The number of ketones is 1. The zero-order valence-corrected chi connectivity index (χ0v) is 19.1. The van der Waals surface area contributed by atoms with Crippen LogP contribution in [0.4, 0.5) is 5.69 Å². The number of nitrogens with zero attached hydrogens (tertiary/aromatic N) is 1. The van der Waals surface area contributed by atoms with Crippen molar-refractivity contribution in [3.8, 4) is 17.2 Å². The molecular formula is C26H29NO5. The molecule has 0 bridgehead atoms. The van der Waals surface area contributed by atoms with Gasteiger partial charge in [0.2, 0.25) is 11.7 Å². The Bertz CT molecular complexity index is 1070. The standard InChI is InChI=1S/C26H29NO5/c1-5-16-9-11-17(12-10-16)27-20-7-6-8-21(28)24(20)19(15-23(27)29)18-13-14-22(30-2)26(32-4)25(18)31-3/h9-14,19H,5-8,15H2,1-4H3. The molecule has 4 rings (SSSR count). The van der Waals surface area contributed by atoms with Crippen LogP contribution in [0.15, 0.2) is 47.7 Å². The van der Waals surface area contributed by atoms with E-state index in [1.165, 1.54) is 5.56 Å². The topological polar surface area (TPSA) is 65.1 Å². The number of amides is 1. The lowest BCUT2D eigenvalue weighted by Crippen LogP contribution is -2.40. The number of carbonyl (C=O) groups is 2. The third-order valence-electron chi connectivity index (χ3n) is 6.39. The van der Waals surface area contributed by atoms with Gasteiger partial charge in [-0.3, -0.25) is 14.5 Å². The van der Waals surface area contributed by atoms with Gasteiger partial charge in [-0.1, -0.05) is 25.1 Å². The smallest absolute Gasteiger partial charge is 0.232 e. The third kappa shape index (κ3) is 3.64. The molecule has 1 aliphatic heterocycles. The Labute approximate surface area is 188 Å². The molecule has 1 unspecified atom stereocenters. The number of allylic oxidation sites excluding steroid dienone is 2. The molecule has 168 valence electrons. The van der Waals surface area contributed by atoms with Crippen molar-refractivity contribution >= 4 is 17.4 Å². The first-order chi connectivity index (χ1) is 15.5. The minimum absolute atomic E-state index is 0.0236. The first-order valence-corrected chi connectivity index (χ1v) is 11.0. The van der Waals surface area contributed by atoms with E-state index in [1.54, 1.807) is 32.3 Å². The van der Waals surface area contributed by atoms with Crippen LogP contribution in [0.1, 0.15) is 49.7 Å². The molecule has 2 aromatic carbocycles. The van der Waals surface area contributed by atoms with Gasteiger partial charge in [-0.15, -0.1) is 0 Å². The van der Waals surface area contributed by atoms with Gasteiger partial charge in [0.15, 0.2) is 17.3 Å². The van der Waals surface area contributed by atoms with Crippen molar-refractivity contribution in [3.05, 3.63) is 58.8 Å². The Hall–Kier alpha value is -3.28. The van der Waals surface area contributed by atoms with Crippen molar-refractivity contribution in [1.29, 1.82) is 0 Å². The van der Waals surface area contributed by atoms with Crippen molar-refractivity contribution in [3.63, 3.8) is 0 Å². The minimum Gasteiger partial charge on any atom is -0.493 e. The average molecular weight is 436 g/mol. The molecule has 1 heterocycles.